The molecule has 5 nitrogen and oxygen atoms in total. The maximum atomic E-state index is 13.7. The van der Waals surface area contributed by atoms with Crippen molar-refractivity contribution in [1.82, 2.24) is 14.1 Å². The second kappa shape index (κ2) is 9.45. The van der Waals surface area contributed by atoms with E-state index in [9.17, 15) is 9.18 Å². The third-order valence-corrected chi connectivity index (χ3v) is 5.96. The molecule has 2 aromatic heterocycles. The number of hydrogen-bond donors (Lipinski definition) is 1. The first kappa shape index (κ1) is 22.5. The first-order chi connectivity index (χ1) is 15.9. The molecule has 0 aliphatic heterocycles. The lowest BCUT2D eigenvalue weighted by Crippen LogP contribution is -2.26. The van der Waals surface area contributed by atoms with Crippen LogP contribution in [0, 0.1) is 13.8 Å². The largest absolute Gasteiger partial charge is 0.351 e. The first-order valence-corrected chi connectivity index (χ1v) is 11.2. The van der Waals surface area contributed by atoms with E-state index in [1.54, 1.807) is 23.2 Å². The summed E-state index contributed by atoms with van der Waals surface area (Å²) in [7, 11) is 0. The molecule has 1 N–H and O–H groups in total. The highest BCUT2D eigenvalue weighted by Gasteiger charge is 2.15. The Morgan fingerprint density at radius 3 is 2.45 bits per heavy atom. The molecule has 170 valence electrons. The van der Waals surface area contributed by atoms with Crippen LogP contribution in [0.1, 0.15) is 47.8 Å². The van der Waals surface area contributed by atoms with Crippen LogP contribution in [0.25, 0.3) is 5.69 Å². The molecular weight excluding hydrogens is 415 g/mol. The topological polar surface area (TPSA) is 51.9 Å². The summed E-state index contributed by atoms with van der Waals surface area (Å²) in [5.74, 6) is 0. The number of pyridine rings is 1. The van der Waals surface area contributed by atoms with Crippen LogP contribution in [0.2, 0.25) is 0 Å². The van der Waals surface area contributed by atoms with Crippen LogP contribution in [-0.4, -0.2) is 14.1 Å². The Labute approximate surface area is 193 Å². The van der Waals surface area contributed by atoms with Crippen molar-refractivity contribution in [1.29, 1.82) is 0 Å². The monoisotopic (exact) mass is 444 g/mol. The average Bonchev–Trinajstić information content (AvgIpc) is 3.26. The minimum Gasteiger partial charge on any atom is -0.351 e. The zero-order chi connectivity index (χ0) is 23.5. The van der Waals surface area contributed by atoms with Crippen LogP contribution in [-0.2, 0) is 13.1 Å². The summed E-state index contributed by atoms with van der Waals surface area (Å²) in [6.45, 7) is 7.38. The molecule has 0 amide bonds. The van der Waals surface area contributed by atoms with Crippen LogP contribution >= 0.6 is 0 Å². The lowest BCUT2D eigenvalue weighted by molar-refractivity contribution is 0.479. The number of nitrogens with zero attached hydrogens (tertiary/aromatic N) is 3. The van der Waals surface area contributed by atoms with Gasteiger partial charge in [0.05, 0.1) is 18.1 Å². The number of hydrogen-bond acceptors (Lipinski definition) is 3. The van der Waals surface area contributed by atoms with E-state index in [1.165, 1.54) is 0 Å². The summed E-state index contributed by atoms with van der Waals surface area (Å²) in [6.07, 6.45) is 6.21. The standard InChI is InChI=1S/C27H29FN4O/c1-5-22-13-24(10-11-26(22)31-15-19(3)29-17-31)30-25-12-21(14-28)16-32(27(25)33)20(4)23-8-6-18(2)7-9-23/h6-13,15-17,20,30H,5,14H2,1-4H3. The molecule has 0 radical (unpaired) electrons. The molecule has 0 saturated carbocycles. The predicted molar refractivity (Wildman–Crippen MR) is 131 cm³/mol. The normalized spacial score (nSPS) is 12.0. The number of aryl methyl sites for hydroxylation is 3. The molecule has 0 bridgehead atoms. The Balaban J connectivity index is 1.70. The highest BCUT2D eigenvalue weighted by atomic mass is 19.1. The smallest absolute Gasteiger partial charge is 0.274 e. The molecule has 4 rings (SSSR count). The van der Waals surface area contributed by atoms with Crippen LogP contribution in [0.15, 0.2) is 72.0 Å². The summed E-state index contributed by atoms with van der Waals surface area (Å²) in [5, 5.41) is 3.24. The lowest BCUT2D eigenvalue weighted by atomic mass is 10.1. The van der Waals surface area contributed by atoms with Crippen LogP contribution in [0.5, 0.6) is 0 Å². The highest BCUT2D eigenvalue weighted by Crippen LogP contribution is 2.24. The minimum atomic E-state index is -0.644. The highest BCUT2D eigenvalue weighted by molar-refractivity contribution is 5.63. The van der Waals surface area contributed by atoms with E-state index < -0.39 is 6.67 Å². The second-order valence-corrected chi connectivity index (χ2v) is 8.44. The Morgan fingerprint density at radius 1 is 1.06 bits per heavy atom. The van der Waals surface area contributed by atoms with E-state index in [-0.39, 0.29) is 11.6 Å². The van der Waals surface area contributed by atoms with Crippen molar-refractivity contribution < 1.29 is 4.39 Å². The maximum Gasteiger partial charge on any atom is 0.274 e. The molecule has 2 heterocycles. The van der Waals surface area contributed by atoms with Gasteiger partial charge in [0.15, 0.2) is 0 Å². The van der Waals surface area contributed by atoms with E-state index in [0.29, 0.717) is 11.3 Å². The van der Waals surface area contributed by atoms with Crippen molar-refractivity contribution in [2.24, 2.45) is 0 Å². The van der Waals surface area contributed by atoms with Crippen molar-refractivity contribution in [3.05, 3.63) is 106 Å². The molecule has 2 aromatic carbocycles. The molecule has 0 aliphatic carbocycles. The fourth-order valence-electron chi connectivity index (χ4n) is 4.02. The Hall–Kier alpha value is -3.67. The van der Waals surface area contributed by atoms with E-state index >= 15 is 0 Å². The molecule has 1 atom stereocenters. The summed E-state index contributed by atoms with van der Waals surface area (Å²) < 4.78 is 17.3. The number of benzene rings is 2. The molecule has 1 unspecified atom stereocenters. The molecule has 0 spiro atoms. The maximum absolute atomic E-state index is 13.7. The predicted octanol–water partition coefficient (Wildman–Crippen LogP) is 6.04. The van der Waals surface area contributed by atoms with E-state index in [2.05, 4.69) is 17.2 Å². The van der Waals surface area contributed by atoms with Gasteiger partial charge in [0.1, 0.15) is 12.4 Å². The third-order valence-electron chi connectivity index (χ3n) is 5.96. The van der Waals surface area contributed by atoms with Gasteiger partial charge in [-0.15, -0.1) is 0 Å². The molecule has 6 heteroatoms. The number of imidazole rings is 1. The Bertz CT molecular complexity index is 1320. The van der Waals surface area contributed by atoms with E-state index in [4.69, 9.17) is 0 Å². The minimum absolute atomic E-state index is 0.187. The average molecular weight is 445 g/mol. The van der Waals surface area contributed by atoms with Crippen molar-refractivity contribution >= 4 is 11.4 Å². The second-order valence-electron chi connectivity index (χ2n) is 8.44. The van der Waals surface area contributed by atoms with Crippen LogP contribution in [0.3, 0.4) is 0 Å². The summed E-state index contributed by atoms with van der Waals surface area (Å²) in [6, 6.07) is 15.4. The van der Waals surface area contributed by atoms with Crippen LogP contribution in [0.4, 0.5) is 15.8 Å². The van der Waals surface area contributed by atoms with Gasteiger partial charge in [-0.1, -0.05) is 36.8 Å². The Morgan fingerprint density at radius 2 is 1.82 bits per heavy atom. The first-order valence-electron chi connectivity index (χ1n) is 11.2. The van der Waals surface area contributed by atoms with Gasteiger partial charge in [-0.2, -0.15) is 0 Å². The molecule has 0 aliphatic rings. The fourth-order valence-corrected chi connectivity index (χ4v) is 4.02. The summed E-state index contributed by atoms with van der Waals surface area (Å²) in [4.78, 5) is 17.6. The Kier molecular flexibility index (Phi) is 6.45. The number of nitrogens with one attached hydrogen (secondary N) is 1. The van der Waals surface area contributed by atoms with Gasteiger partial charge in [0.25, 0.3) is 5.56 Å². The zero-order valence-electron chi connectivity index (χ0n) is 19.5. The van der Waals surface area contributed by atoms with Crippen LogP contribution < -0.4 is 10.9 Å². The summed E-state index contributed by atoms with van der Waals surface area (Å²) in [5.41, 5.74) is 6.68. The molecule has 33 heavy (non-hydrogen) atoms. The number of halogens is 1. The van der Waals surface area contributed by atoms with Crippen molar-refractivity contribution in [2.45, 2.75) is 46.8 Å². The van der Waals surface area contributed by atoms with Gasteiger partial charge >= 0.3 is 0 Å². The number of anilines is 2. The van der Waals surface area contributed by atoms with Crippen molar-refractivity contribution in [3.63, 3.8) is 0 Å². The van der Waals surface area contributed by atoms with Gasteiger partial charge in [0.2, 0.25) is 0 Å². The van der Waals surface area contributed by atoms with Gasteiger partial charge in [-0.25, -0.2) is 9.37 Å². The molecule has 0 fully saturated rings. The van der Waals surface area contributed by atoms with Gasteiger partial charge in [0, 0.05) is 29.3 Å². The van der Waals surface area contributed by atoms with E-state index in [1.807, 2.05) is 74.0 Å². The number of aromatic nitrogens is 3. The zero-order valence-corrected chi connectivity index (χ0v) is 19.5. The summed E-state index contributed by atoms with van der Waals surface area (Å²) >= 11 is 0. The number of rotatable bonds is 7. The van der Waals surface area contributed by atoms with Crippen molar-refractivity contribution in [3.8, 4) is 5.69 Å². The van der Waals surface area contributed by atoms with E-state index in [0.717, 1.165) is 40.2 Å². The molecular formula is C27H29FN4O. The molecule has 4 aromatic rings. The van der Waals surface area contributed by atoms with Crippen molar-refractivity contribution in [2.75, 3.05) is 5.32 Å². The van der Waals surface area contributed by atoms with Gasteiger partial charge in [-0.05, 0) is 62.6 Å². The SMILES string of the molecule is CCc1cc(Nc2cc(CF)cn(C(C)c3ccc(C)cc3)c2=O)ccc1-n1cnc(C)c1. The lowest BCUT2D eigenvalue weighted by Gasteiger charge is -2.19. The molecule has 0 saturated heterocycles. The van der Waals surface area contributed by atoms with Gasteiger partial charge < -0.3 is 14.5 Å². The number of alkyl halides is 1. The quantitative estimate of drug-likeness (QED) is 0.378. The third kappa shape index (κ3) is 4.75. The fraction of sp³-hybridized carbons (Fsp3) is 0.259. The van der Waals surface area contributed by atoms with Gasteiger partial charge in [-0.3, -0.25) is 4.79 Å².